The summed E-state index contributed by atoms with van der Waals surface area (Å²) in [4.78, 5) is 10.6. The summed E-state index contributed by atoms with van der Waals surface area (Å²) in [5.41, 5.74) is 0.756. The van der Waals surface area contributed by atoms with Crippen molar-refractivity contribution in [2.75, 3.05) is 0 Å². The Hall–Kier alpha value is -1.71. The van der Waals surface area contributed by atoms with Crippen molar-refractivity contribution < 1.29 is 18.3 Å². The van der Waals surface area contributed by atoms with Crippen LogP contribution in [0, 0.1) is 0 Å². The number of hydrogen-bond acceptors (Lipinski definition) is 2. The van der Waals surface area contributed by atoms with E-state index < -0.39 is 6.61 Å². The second kappa shape index (κ2) is 5.24. The first-order chi connectivity index (χ1) is 7.08. The van der Waals surface area contributed by atoms with Crippen LogP contribution in [0.25, 0.3) is 6.08 Å². The second-order valence-electron chi connectivity index (χ2n) is 2.89. The molecule has 4 heteroatoms. The smallest absolute Gasteiger partial charge is 0.387 e. The van der Waals surface area contributed by atoms with Crippen LogP contribution < -0.4 is 4.74 Å². The van der Waals surface area contributed by atoms with Crippen molar-refractivity contribution in [3.63, 3.8) is 0 Å². The molecule has 0 N–H and O–H groups in total. The fourth-order valence-corrected chi connectivity index (χ4v) is 0.974. The maximum atomic E-state index is 11.8. The van der Waals surface area contributed by atoms with Crippen LogP contribution >= 0.6 is 0 Å². The molecule has 0 saturated heterocycles. The molecule has 80 valence electrons. The molecular formula is C11H10F2O2. The van der Waals surface area contributed by atoms with Gasteiger partial charge in [-0.05, 0) is 30.7 Å². The summed E-state index contributed by atoms with van der Waals surface area (Å²) in [7, 11) is 0. The van der Waals surface area contributed by atoms with Gasteiger partial charge in [0.05, 0.1) is 0 Å². The molecule has 1 aromatic carbocycles. The van der Waals surface area contributed by atoms with Gasteiger partial charge in [0.2, 0.25) is 0 Å². The zero-order valence-corrected chi connectivity index (χ0v) is 8.11. The van der Waals surface area contributed by atoms with Gasteiger partial charge in [0.25, 0.3) is 0 Å². The Kier molecular flexibility index (Phi) is 3.97. The van der Waals surface area contributed by atoms with E-state index in [1.807, 2.05) is 0 Å². The van der Waals surface area contributed by atoms with Crippen LogP contribution in [-0.4, -0.2) is 12.4 Å². The number of hydrogen-bond donors (Lipinski definition) is 0. The summed E-state index contributed by atoms with van der Waals surface area (Å²) in [6.45, 7) is -1.38. The lowest BCUT2D eigenvalue weighted by molar-refractivity contribution is -0.112. The van der Waals surface area contributed by atoms with E-state index in [0.29, 0.717) is 0 Å². The van der Waals surface area contributed by atoms with Gasteiger partial charge in [-0.1, -0.05) is 18.2 Å². The lowest BCUT2D eigenvalue weighted by Gasteiger charge is -2.03. The Balaban J connectivity index is 2.68. The molecule has 1 aromatic rings. The standard InChI is InChI=1S/C11H10F2O2/c1-8(14)2-3-9-4-6-10(7-5-9)15-11(12)13/h2-7,11H,1H3. The van der Waals surface area contributed by atoms with Gasteiger partial charge in [-0.25, -0.2) is 0 Å². The summed E-state index contributed by atoms with van der Waals surface area (Å²) in [6.07, 6.45) is 3.01. The average molecular weight is 212 g/mol. The Morgan fingerprint density at radius 3 is 2.40 bits per heavy atom. The SMILES string of the molecule is CC(=O)C=Cc1ccc(OC(F)F)cc1. The number of rotatable bonds is 4. The minimum absolute atomic E-state index is 0.0668. The first-order valence-corrected chi connectivity index (χ1v) is 4.31. The van der Waals surface area contributed by atoms with Crippen LogP contribution in [0.4, 0.5) is 8.78 Å². The molecule has 0 heterocycles. The quantitative estimate of drug-likeness (QED) is 0.717. The van der Waals surface area contributed by atoms with Gasteiger partial charge in [-0.15, -0.1) is 0 Å². The lowest BCUT2D eigenvalue weighted by Crippen LogP contribution is -2.01. The third-order valence-corrected chi connectivity index (χ3v) is 1.62. The van der Waals surface area contributed by atoms with E-state index in [1.165, 1.54) is 25.1 Å². The average Bonchev–Trinajstić information content (AvgIpc) is 2.16. The molecule has 0 radical (unpaired) electrons. The van der Waals surface area contributed by atoms with Gasteiger partial charge in [0.15, 0.2) is 5.78 Å². The molecular weight excluding hydrogens is 202 g/mol. The molecule has 2 nitrogen and oxygen atoms in total. The van der Waals surface area contributed by atoms with E-state index in [1.54, 1.807) is 18.2 Å². The van der Waals surface area contributed by atoms with Gasteiger partial charge in [0.1, 0.15) is 5.75 Å². The summed E-state index contributed by atoms with van der Waals surface area (Å²) in [5.74, 6) is 0.0351. The minimum atomic E-state index is -2.82. The Morgan fingerprint density at radius 1 is 1.33 bits per heavy atom. The predicted molar refractivity (Wildman–Crippen MR) is 52.8 cm³/mol. The molecule has 0 aliphatic carbocycles. The Morgan fingerprint density at radius 2 is 1.93 bits per heavy atom. The fraction of sp³-hybridized carbons (Fsp3) is 0.182. The largest absolute Gasteiger partial charge is 0.435 e. The lowest BCUT2D eigenvalue weighted by atomic mass is 10.2. The highest BCUT2D eigenvalue weighted by Crippen LogP contribution is 2.15. The number of halogens is 2. The van der Waals surface area contributed by atoms with Crippen LogP contribution in [0.15, 0.2) is 30.3 Å². The molecule has 0 aromatic heterocycles. The molecule has 0 unspecified atom stereocenters. The molecule has 0 aliphatic rings. The molecule has 0 spiro atoms. The molecule has 0 saturated carbocycles. The van der Waals surface area contributed by atoms with Gasteiger partial charge < -0.3 is 4.74 Å². The van der Waals surface area contributed by atoms with Gasteiger partial charge in [-0.3, -0.25) is 4.79 Å². The van der Waals surface area contributed by atoms with E-state index >= 15 is 0 Å². The van der Waals surface area contributed by atoms with E-state index in [9.17, 15) is 13.6 Å². The Bertz CT molecular complexity index is 355. The van der Waals surface area contributed by atoms with E-state index in [2.05, 4.69) is 4.74 Å². The summed E-state index contributed by atoms with van der Waals surface area (Å²) in [6, 6.07) is 6.03. The topological polar surface area (TPSA) is 26.3 Å². The number of alkyl halides is 2. The first-order valence-electron chi connectivity index (χ1n) is 4.31. The van der Waals surface area contributed by atoms with Crippen LogP contribution in [0.5, 0.6) is 5.75 Å². The number of benzene rings is 1. The third kappa shape index (κ3) is 4.35. The molecule has 15 heavy (non-hydrogen) atoms. The highest BCUT2D eigenvalue weighted by atomic mass is 19.3. The van der Waals surface area contributed by atoms with Crippen molar-refractivity contribution in [3.05, 3.63) is 35.9 Å². The van der Waals surface area contributed by atoms with Crippen LogP contribution in [0.1, 0.15) is 12.5 Å². The molecule has 0 fully saturated rings. The van der Waals surface area contributed by atoms with Gasteiger partial charge in [-0.2, -0.15) is 8.78 Å². The van der Waals surface area contributed by atoms with Crippen molar-refractivity contribution in [2.24, 2.45) is 0 Å². The third-order valence-electron chi connectivity index (χ3n) is 1.62. The van der Waals surface area contributed by atoms with Crippen molar-refractivity contribution in [2.45, 2.75) is 13.5 Å². The number of carbonyl (C=O) groups is 1. The maximum Gasteiger partial charge on any atom is 0.387 e. The second-order valence-corrected chi connectivity index (χ2v) is 2.89. The normalized spacial score (nSPS) is 10.9. The van der Waals surface area contributed by atoms with Crippen molar-refractivity contribution in [3.8, 4) is 5.75 Å². The zero-order chi connectivity index (χ0) is 11.3. The summed E-state index contributed by atoms with van der Waals surface area (Å²) < 4.78 is 27.8. The number of ether oxygens (including phenoxy) is 1. The van der Waals surface area contributed by atoms with E-state index in [0.717, 1.165) is 5.56 Å². The van der Waals surface area contributed by atoms with E-state index in [4.69, 9.17) is 0 Å². The Labute approximate surface area is 86.2 Å². The molecule has 0 amide bonds. The van der Waals surface area contributed by atoms with Crippen LogP contribution in [0.3, 0.4) is 0 Å². The van der Waals surface area contributed by atoms with E-state index in [-0.39, 0.29) is 11.5 Å². The monoisotopic (exact) mass is 212 g/mol. The number of ketones is 1. The van der Waals surface area contributed by atoms with Crippen LogP contribution in [0.2, 0.25) is 0 Å². The number of allylic oxidation sites excluding steroid dienone is 1. The van der Waals surface area contributed by atoms with Gasteiger partial charge >= 0.3 is 6.61 Å². The minimum Gasteiger partial charge on any atom is -0.435 e. The van der Waals surface area contributed by atoms with Crippen LogP contribution in [-0.2, 0) is 4.79 Å². The van der Waals surface area contributed by atoms with Gasteiger partial charge in [0, 0.05) is 0 Å². The van der Waals surface area contributed by atoms with Crippen molar-refractivity contribution in [1.82, 2.24) is 0 Å². The number of carbonyl (C=O) groups excluding carboxylic acids is 1. The zero-order valence-electron chi connectivity index (χ0n) is 8.11. The fourth-order valence-electron chi connectivity index (χ4n) is 0.974. The summed E-state index contributed by atoms with van der Waals surface area (Å²) >= 11 is 0. The first kappa shape index (κ1) is 11.4. The van der Waals surface area contributed by atoms with Crippen molar-refractivity contribution in [1.29, 1.82) is 0 Å². The molecule has 1 rings (SSSR count). The molecule has 0 bridgehead atoms. The summed E-state index contributed by atoms with van der Waals surface area (Å²) in [5, 5.41) is 0. The predicted octanol–water partition coefficient (Wildman–Crippen LogP) is 2.89. The maximum absolute atomic E-state index is 11.8. The molecule has 0 atom stereocenters. The highest BCUT2D eigenvalue weighted by molar-refractivity contribution is 5.91. The highest BCUT2D eigenvalue weighted by Gasteiger charge is 2.02. The molecule has 0 aliphatic heterocycles. The van der Waals surface area contributed by atoms with Crippen molar-refractivity contribution >= 4 is 11.9 Å².